The van der Waals surface area contributed by atoms with Crippen molar-refractivity contribution in [3.8, 4) is 5.69 Å². The van der Waals surface area contributed by atoms with Crippen molar-refractivity contribution >= 4 is 17.6 Å². The highest BCUT2D eigenvalue weighted by molar-refractivity contribution is 5.94. The van der Waals surface area contributed by atoms with E-state index < -0.39 is 0 Å². The minimum absolute atomic E-state index is 0.0206. The van der Waals surface area contributed by atoms with Gasteiger partial charge in [-0.25, -0.2) is 4.68 Å². The minimum Gasteiger partial charge on any atom is -0.333 e. The lowest BCUT2D eigenvalue weighted by atomic mass is 9.92. The maximum absolute atomic E-state index is 12.8. The topological polar surface area (TPSA) is 67.2 Å². The molecule has 2 aromatic rings. The van der Waals surface area contributed by atoms with Crippen LogP contribution in [0.1, 0.15) is 65.1 Å². The standard InChI is InChI=1S/C23H34N4O2/c1-7-11-22(29)26(14-8-2)16-21(28)24-20-15-19(23(4,5)6)25-27(20)18-13-10-9-12-17(18)3/h9-10,12-13,15H,7-8,11,14,16H2,1-6H3,(H,24,28). The summed E-state index contributed by atoms with van der Waals surface area (Å²) in [6.07, 6.45) is 2.05. The number of amides is 2. The second-order valence-electron chi connectivity index (χ2n) is 8.48. The Morgan fingerprint density at radius 2 is 1.83 bits per heavy atom. The van der Waals surface area contributed by atoms with Gasteiger partial charge in [-0.15, -0.1) is 0 Å². The lowest BCUT2D eigenvalue weighted by Gasteiger charge is -2.21. The van der Waals surface area contributed by atoms with Gasteiger partial charge in [-0.2, -0.15) is 5.10 Å². The number of aromatic nitrogens is 2. The van der Waals surface area contributed by atoms with E-state index in [0.717, 1.165) is 29.8 Å². The molecule has 0 bridgehead atoms. The average molecular weight is 399 g/mol. The van der Waals surface area contributed by atoms with E-state index in [0.29, 0.717) is 18.8 Å². The molecular weight excluding hydrogens is 364 g/mol. The van der Waals surface area contributed by atoms with Crippen molar-refractivity contribution in [2.24, 2.45) is 0 Å². The van der Waals surface area contributed by atoms with Gasteiger partial charge in [0.25, 0.3) is 0 Å². The summed E-state index contributed by atoms with van der Waals surface area (Å²) in [5, 5.41) is 7.75. The van der Waals surface area contributed by atoms with Crippen molar-refractivity contribution in [3.05, 3.63) is 41.6 Å². The van der Waals surface area contributed by atoms with E-state index in [9.17, 15) is 9.59 Å². The van der Waals surface area contributed by atoms with E-state index in [-0.39, 0.29) is 23.8 Å². The normalized spacial score (nSPS) is 11.4. The highest BCUT2D eigenvalue weighted by Crippen LogP contribution is 2.27. The number of para-hydroxylation sites is 1. The Labute approximate surface area is 174 Å². The van der Waals surface area contributed by atoms with Gasteiger partial charge in [0.2, 0.25) is 11.8 Å². The molecule has 29 heavy (non-hydrogen) atoms. The van der Waals surface area contributed by atoms with Gasteiger partial charge >= 0.3 is 0 Å². The largest absolute Gasteiger partial charge is 0.333 e. The van der Waals surface area contributed by atoms with Crippen LogP contribution in [0, 0.1) is 6.92 Å². The molecule has 0 saturated heterocycles. The highest BCUT2D eigenvalue weighted by atomic mass is 16.2. The van der Waals surface area contributed by atoms with Crippen molar-refractivity contribution in [1.82, 2.24) is 14.7 Å². The summed E-state index contributed by atoms with van der Waals surface area (Å²) in [4.78, 5) is 26.7. The summed E-state index contributed by atoms with van der Waals surface area (Å²) in [5.41, 5.74) is 2.73. The zero-order valence-electron chi connectivity index (χ0n) is 18.6. The van der Waals surface area contributed by atoms with Crippen LogP contribution in [-0.4, -0.2) is 39.6 Å². The fraction of sp³-hybridized carbons (Fsp3) is 0.522. The Morgan fingerprint density at radius 1 is 1.14 bits per heavy atom. The predicted octanol–water partition coefficient (Wildman–Crippen LogP) is 4.46. The number of hydrogen-bond acceptors (Lipinski definition) is 3. The second-order valence-corrected chi connectivity index (χ2v) is 8.48. The molecule has 2 rings (SSSR count). The van der Waals surface area contributed by atoms with Gasteiger partial charge in [-0.05, 0) is 31.4 Å². The van der Waals surface area contributed by atoms with Gasteiger partial charge in [-0.3, -0.25) is 9.59 Å². The molecule has 158 valence electrons. The van der Waals surface area contributed by atoms with E-state index in [1.807, 2.05) is 51.1 Å². The molecule has 0 aliphatic heterocycles. The molecule has 6 nitrogen and oxygen atoms in total. The van der Waals surface area contributed by atoms with E-state index in [2.05, 4.69) is 26.1 Å². The summed E-state index contributed by atoms with van der Waals surface area (Å²) < 4.78 is 1.78. The quantitative estimate of drug-likeness (QED) is 0.714. The van der Waals surface area contributed by atoms with Gasteiger partial charge in [0.05, 0.1) is 17.9 Å². The number of nitrogens with zero attached hydrogens (tertiary/aromatic N) is 3. The third kappa shape index (κ3) is 5.92. The molecule has 1 aromatic heterocycles. The van der Waals surface area contributed by atoms with Gasteiger partial charge in [0, 0.05) is 24.4 Å². The first-order chi connectivity index (χ1) is 13.7. The Bertz CT molecular complexity index is 849. The van der Waals surface area contributed by atoms with Crippen LogP contribution in [0.3, 0.4) is 0 Å². The third-order valence-corrected chi connectivity index (χ3v) is 4.73. The summed E-state index contributed by atoms with van der Waals surface area (Å²) in [5.74, 6) is 0.430. The average Bonchev–Trinajstić information content (AvgIpc) is 3.06. The number of carbonyl (C=O) groups excluding carboxylic acids is 2. The molecule has 1 heterocycles. The van der Waals surface area contributed by atoms with Crippen molar-refractivity contribution in [1.29, 1.82) is 0 Å². The Hall–Kier alpha value is -2.63. The van der Waals surface area contributed by atoms with Crippen LogP contribution in [0.15, 0.2) is 30.3 Å². The van der Waals surface area contributed by atoms with E-state index >= 15 is 0 Å². The molecule has 0 aliphatic rings. The fourth-order valence-electron chi connectivity index (χ4n) is 3.11. The monoisotopic (exact) mass is 398 g/mol. The maximum atomic E-state index is 12.8. The van der Waals surface area contributed by atoms with Crippen LogP contribution in [0.5, 0.6) is 0 Å². The summed E-state index contributed by atoms with van der Waals surface area (Å²) in [7, 11) is 0. The molecule has 0 aliphatic carbocycles. The van der Waals surface area contributed by atoms with E-state index in [1.165, 1.54) is 0 Å². The number of carbonyl (C=O) groups is 2. The lowest BCUT2D eigenvalue weighted by Crippen LogP contribution is -2.38. The molecule has 0 saturated carbocycles. The van der Waals surface area contributed by atoms with E-state index in [4.69, 9.17) is 5.10 Å². The molecule has 0 spiro atoms. The molecule has 1 N–H and O–H groups in total. The maximum Gasteiger partial charge on any atom is 0.245 e. The number of anilines is 1. The van der Waals surface area contributed by atoms with Crippen LogP contribution >= 0.6 is 0 Å². The minimum atomic E-state index is -0.210. The summed E-state index contributed by atoms with van der Waals surface area (Å²) >= 11 is 0. The van der Waals surface area contributed by atoms with Crippen LogP contribution in [0.4, 0.5) is 5.82 Å². The fourth-order valence-corrected chi connectivity index (χ4v) is 3.11. The second kappa shape index (κ2) is 9.72. The van der Waals surface area contributed by atoms with Crippen molar-refractivity contribution in [2.75, 3.05) is 18.4 Å². The molecule has 2 amide bonds. The molecule has 1 aromatic carbocycles. The van der Waals surface area contributed by atoms with Crippen molar-refractivity contribution < 1.29 is 9.59 Å². The molecule has 0 fully saturated rings. The molecule has 0 unspecified atom stereocenters. The smallest absolute Gasteiger partial charge is 0.245 e. The Morgan fingerprint density at radius 3 is 2.41 bits per heavy atom. The summed E-state index contributed by atoms with van der Waals surface area (Å²) in [6, 6.07) is 9.86. The molecule has 0 radical (unpaired) electrons. The number of aryl methyl sites for hydroxylation is 1. The van der Waals surface area contributed by atoms with Crippen LogP contribution in [0.25, 0.3) is 5.69 Å². The molecule has 6 heteroatoms. The van der Waals surface area contributed by atoms with Gasteiger partial charge in [0.15, 0.2) is 0 Å². The van der Waals surface area contributed by atoms with E-state index in [1.54, 1.807) is 9.58 Å². The highest BCUT2D eigenvalue weighted by Gasteiger charge is 2.23. The predicted molar refractivity (Wildman–Crippen MR) is 117 cm³/mol. The van der Waals surface area contributed by atoms with Crippen molar-refractivity contribution in [3.63, 3.8) is 0 Å². The Kier molecular flexibility index (Phi) is 7.59. The first kappa shape index (κ1) is 22.7. The number of nitrogens with one attached hydrogen (secondary N) is 1. The number of hydrogen-bond donors (Lipinski definition) is 1. The number of benzene rings is 1. The first-order valence-electron chi connectivity index (χ1n) is 10.4. The van der Waals surface area contributed by atoms with Gasteiger partial charge in [-0.1, -0.05) is 52.8 Å². The molecule has 0 atom stereocenters. The van der Waals surface area contributed by atoms with Gasteiger partial charge in [0.1, 0.15) is 5.82 Å². The first-order valence-corrected chi connectivity index (χ1v) is 10.4. The third-order valence-electron chi connectivity index (χ3n) is 4.73. The zero-order valence-corrected chi connectivity index (χ0v) is 18.6. The Balaban J connectivity index is 2.31. The molecular formula is C23H34N4O2. The number of rotatable bonds is 8. The zero-order chi connectivity index (χ0) is 21.6. The van der Waals surface area contributed by atoms with Crippen LogP contribution in [-0.2, 0) is 15.0 Å². The van der Waals surface area contributed by atoms with Crippen LogP contribution in [0.2, 0.25) is 0 Å². The lowest BCUT2D eigenvalue weighted by molar-refractivity contribution is -0.134. The van der Waals surface area contributed by atoms with Crippen molar-refractivity contribution in [2.45, 2.75) is 66.2 Å². The van der Waals surface area contributed by atoms with Gasteiger partial charge < -0.3 is 10.2 Å². The summed E-state index contributed by atoms with van der Waals surface area (Å²) in [6.45, 7) is 12.9. The SMILES string of the molecule is CCCC(=O)N(CCC)CC(=O)Nc1cc(C(C)(C)C)nn1-c1ccccc1C. The van der Waals surface area contributed by atoms with Crippen LogP contribution < -0.4 is 5.32 Å².